The van der Waals surface area contributed by atoms with Crippen LogP contribution in [0.1, 0.15) is 73.5 Å². The Morgan fingerprint density at radius 3 is 2.60 bits per heavy atom. The number of fused-ring (bicyclic) bond motifs is 1. The van der Waals surface area contributed by atoms with E-state index in [1.165, 1.54) is 25.0 Å². The summed E-state index contributed by atoms with van der Waals surface area (Å²) in [5, 5.41) is 11.7. The maximum Gasteiger partial charge on any atom is 0.433 e. The van der Waals surface area contributed by atoms with Crippen molar-refractivity contribution in [3.8, 4) is 0 Å². The maximum atomic E-state index is 13.5. The van der Waals surface area contributed by atoms with Gasteiger partial charge in [-0.05, 0) is 62.8 Å². The molecule has 1 aromatic carbocycles. The Hall–Kier alpha value is -2.81. The fourth-order valence-corrected chi connectivity index (χ4v) is 5.40. The van der Waals surface area contributed by atoms with E-state index in [0.29, 0.717) is 34.1 Å². The third-order valence-corrected chi connectivity index (χ3v) is 7.23. The molecule has 35 heavy (non-hydrogen) atoms. The van der Waals surface area contributed by atoms with E-state index in [4.69, 9.17) is 11.6 Å². The molecule has 2 aromatic heterocycles. The Kier molecular flexibility index (Phi) is 6.61. The topological polar surface area (TPSA) is 71.8 Å². The summed E-state index contributed by atoms with van der Waals surface area (Å²) in [5.41, 5.74) is 0.164. The number of alkyl halides is 3. The lowest BCUT2D eigenvalue weighted by Gasteiger charge is -2.31. The van der Waals surface area contributed by atoms with Crippen molar-refractivity contribution in [2.75, 3.05) is 5.32 Å². The molecule has 3 aromatic rings. The van der Waals surface area contributed by atoms with Crippen LogP contribution in [-0.2, 0) is 6.18 Å². The number of anilines is 1. The van der Waals surface area contributed by atoms with Gasteiger partial charge in [0, 0.05) is 34.4 Å². The summed E-state index contributed by atoms with van der Waals surface area (Å²) >= 11 is 6.11. The smallest absolute Gasteiger partial charge is 0.382 e. The number of pyridine rings is 1. The number of hydrogen-bond acceptors (Lipinski definition) is 4. The second kappa shape index (κ2) is 9.68. The van der Waals surface area contributed by atoms with Crippen LogP contribution in [0.3, 0.4) is 0 Å². The van der Waals surface area contributed by atoms with E-state index < -0.39 is 11.9 Å². The molecule has 0 radical (unpaired) electrons. The van der Waals surface area contributed by atoms with E-state index in [0.717, 1.165) is 38.2 Å². The quantitative estimate of drug-likeness (QED) is 0.422. The summed E-state index contributed by atoms with van der Waals surface area (Å²) in [7, 11) is 0. The van der Waals surface area contributed by atoms with Crippen LogP contribution in [0.2, 0.25) is 5.02 Å². The Bertz CT molecular complexity index is 1220. The Balaban J connectivity index is 1.29. The number of nitrogens with one attached hydrogen (secondary N) is 2. The van der Waals surface area contributed by atoms with Crippen LogP contribution in [0.15, 0.2) is 36.7 Å². The van der Waals surface area contributed by atoms with Gasteiger partial charge >= 0.3 is 6.18 Å². The van der Waals surface area contributed by atoms with Gasteiger partial charge in [0.2, 0.25) is 0 Å². The van der Waals surface area contributed by atoms with Gasteiger partial charge in [0.1, 0.15) is 5.69 Å². The van der Waals surface area contributed by atoms with Crippen LogP contribution in [0.5, 0.6) is 0 Å². The van der Waals surface area contributed by atoms with Gasteiger partial charge in [0.25, 0.3) is 5.91 Å². The SMILES string of the molecule is O=C(N[C@@H]1CCC[C@H](Nc2cc(C(F)(F)F)nc3ccc(Cl)cc23)C1)c1cnn(C2CCCC2)c1. The lowest BCUT2D eigenvalue weighted by atomic mass is 9.90. The van der Waals surface area contributed by atoms with Crippen LogP contribution in [0.25, 0.3) is 10.9 Å². The largest absolute Gasteiger partial charge is 0.433 e. The Morgan fingerprint density at radius 1 is 1.06 bits per heavy atom. The predicted octanol–water partition coefficient (Wildman–Crippen LogP) is 6.37. The Labute approximate surface area is 206 Å². The summed E-state index contributed by atoms with van der Waals surface area (Å²) in [6.07, 6.45) is 6.47. The minimum atomic E-state index is -4.56. The highest BCUT2D eigenvalue weighted by molar-refractivity contribution is 6.31. The van der Waals surface area contributed by atoms with Gasteiger partial charge in [0.05, 0.1) is 23.3 Å². The first-order valence-electron chi connectivity index (χ1n) is 12.1. The van der Waals surface area contributed by atoms with Crippen molar-refractivity contribution < 1.29 is 18.0 Å². The number of rotatable bonds is 5. The normalized spacial score (nSPS) is 21.4. The molecule has 0 unspecified atom stereocenters. The molecule has 6 nitrogen and oxygen atoms in total. The Morgan fingerprint density at radius 2 is 1.83 bits per heavy atom. The van der Waals surface area contributed by atoms with Crippen molar-refractivity contribution in [2.45, 2.75) is 75.7 Å². The van der Waals surface area contributed by atoms with Crippen LogP contribution < -0.4 is 10.6 Å². The summed E-state index contributed by atoms with van der Waals surface area (Å²) < 4.78 is 42.2. The molecule has 2 saturated carbocycles. The molecule has 2 atom stereocenters. The zero-order valence-electron chi connectivity index (χ0n) is 19.1. The highest BCUT2D eigenvalue weighted by Crippen LogP contribution is 2.35. The zero-order chi connectivity index (χ0) is 24.6. The van der Waals surface area contributed by atoms with E-state index in [-0.39, 0.29) is 23.5 Å². The molecule has 2 aliphatic rings. The average molecular weight is 506 g/mol. The lowest BCUT2D eigenvalue weighted by Crippen LogP contribution is -2.41. The number of halogens is 4. The van der Waals surface area contributed by atoms with Crippen molar-refractivity contribution >= 4 is 34.1 Å². The molecule has 0 saturated heterocycles. The number of aromatic nitrogens is 3. The van der Waals surface area contributed by atoms with Crippen LogP contribution >= 0.6 is 11.6 Å². The van der Waals surface area contributed by atoms with E-state index in [2.05, 4.69) is 20.7 Å². The fourth-order valence-electron chi connectivity index (χ4n) is 5.23. The van der Waals surface area contributed by atoms with Gasteiger partial charge in [-0.3, -0.25) is 9.48 Å². The molecule has 5 rings (SSSR count). The van der Waals surface area contributed by atoms with Crippen LogP contribution in [-0.4, -0.2) is 32.8 Å². The molecule has 0 spiro atoms. The van der Waals surface area contributed by atoms with Gasteiger partial charge in [-0.1, -0.05) is 24.4 Å². The minimum Gasteiger partial charge on any atom is -0.382 e. The monoisotopic (exact) mass is 505 g/mol. The molecule has 2 N–H and O–H groups in total. The highest BCUT2D eigenvalue weighted by atomic mass is 35.5. The van der Waals surface area contributed by atoms with Crippen LogP contribution in [0.4, 0.5) is 18.9 Å². The summed E-state index contributed by atoms with van der Waals surface area (Å²) in [6, 6.07) is 5.87. The molecule has 2 aliphatic carbocycles. The number of amides is 1. The third-order valence-electron chi connectivity index (χ3n) is 6.99. The summed E-state index contributed by atoms with van der Waals surface area (Å²) in [4.78, 5) is 16.6. The summed E-state index contributed by atoms with van der Waals surface area (Å²) in [6.45, 7) is 0. The van der Waals surface area contributed by atoms with Crippen molar-refractivity contribution in [3.63, 3.8) is 0 Å². The second-order valence-corrected chi connectivity index (χ2v) is 9.98. The first-order chi connectivity index (χ1) is 16.8. The van der Waals surface area contributed by atoms with Crippen molar-refractivity contribution in [3.05, 3.63) is 52.9 Å². The van der Waals surface area contributed by atoms with Crippen molar-refractivity contribution in [2.24, 2.45) is 0 Å². The van der Waals surface area contributed by atoms with E-state index in [9.17, 15) is 18.0 Å². The van der Waals surface area contributed by atoms with Crippen molar-refractivity contribution in [1.82, 2.24) is 20.1 Å². The van der Waals surface area contributed by atoms with Gasteiger partial charge in [-0.15, -0.1) is 0 Å². The standard InChI is InChI=1S/C25H27ClF3N5O/c26-16-8-9-21-20(10-16)22(12-23(33-21)25(27,28)29)31-17-4-3-5-18(11-17)32-24(35)15-13-30-34(14-15)19-6-1-2-7-19/h8-10,12-14,17-19H,1-7,11H2,(H,31,33)(H,32,35)/t17-,18+/m0/s1. The van der Waals surface area contributed by atoms with Crippen LogP contribution in [0, 0.1) is 0 Å². The maximum absolute atomic E-state index is 13.5. The van der Waals surface area contributed by atoms with E-state index in [1.54, 1.807) is 12.3 Å². The van der Waals surface area contributed by atoms with E-state index in [1.807, 2.05) is 10.9 Å². The predicted molar refractivity (Wildman–Crippen MR) is 129 cm³/mol. The number of hydrogen-bond donors (Lipinski definition) is 2. The molecular weight excluding hydrogens is 479 g/mol. The number of carbonyl (C=O) groups is 1. The van der Waals surface area contributed by atoms with Gasteiger partial charge in [0.15, 0.2) is 0 Å². The molecule has 2 heterocycles. The van der Waals surface area contributed by atoms with E-state index >= 15 is 0 Å². The molecule has 0 aliphatic heterocycles. The molecule has 1 amide bonds. The first-order valence-corrected chi connectivity index (χ1v) is 12.4. The zero-order valence-corrected chi connectivity index (χ0v) is 19.9. The minimum absolute atomic E-state index is 0.0812. The number of benzene rings is 1. The molecular formula is C25H27ClF3N5O. The number of nitrogens with zero attached hydrogens (tertiary/aromatic N) is 3. The molecule has 2 fully saturated rings. The van der Waals surface area contributed by atoms with Crippen molar-refractivity contribution in [1.29, 1.82) is 0 Å². The van der Waals surface area contributed by atoms with Gasteiger partial charge in [-0.2, -0.15) is 18.3 Å². The van der Waals surface area contributed by atoms with Gasteiger partial charge < -0.3 is 10.6 Å². The number of carbonyl (C=O) groups excluding carboxylic acids is 1. The first kappa shape index (κ1) is 23.9. The third kappa shape index (κ3) is 5.39. The molecule has 186 valence electrons. The molecule has 0 bridgehead atoms. The lowest BCUT2D eigenvalue weighted by molar-refractivity contribution is -0.140. The fraction of sp³-hybridized carbons (Fsp3) is 0.480. The summed E-state index contributed by atoms with van der Waals surface area (Å²) in [5.74, 6) is -0.166. The second-order valence-electron chi connectivity index (χ2n) is 9.54. The highest BCUT2D eigenvalue weighted by Gasteiger charge is 2.34. The molecule has 10 heteroatoms. The van der Waals surface area contributed by atoms with Gasteiger partial charge in [-0.25, -0.2) is 4.98 Å². The average Bonchev–Trinajstić information content (AvgIpc) is 3.51.